The largest absolute Gasteiger partial charge is 0.489 e. The fraction of sp³-hybridized carbons (Fsp3) is 0.357. The van der Waals surface area contributed by atoms with Gasteiger partial charge in [-0.1, -0.05) is 24.3 Å². The number of ether oxygens (including phenoxy) is 1. The molecular weight excluding hydrogens is 408 g/mol. The van der Waals surface area contributed by atoms with Crippen molar-refractivity contribution in [3.63, 3.8) is 0 Å². The Kier molecular flexibility index (Phi) is 5.90. The predicted octanol–water partition coefficient (Wildman–Crippen LogP) is 4.27. The molecule has 172 valence electrons. The molecule has 1 aliphatic heterocycles. The Labute approximate surface area is 194 Å². The first kappa shape index (κ1) is 21.7. The van der Waals surface area contributed by atoms with Gasteiger partial charge in [0, 0.05) is 39.6 Å². The van der Waals surface area contributed by atoms with Crippen LogP contribution in [0.4, 0.5) is 0 Å². The Bertz CT molecular complexity index is 1480. The van der Waals surface area contributed by atoms with E-state index < -0.39 is 0 Å². The molecule has 3 aromatic heterocycles. The zero-order valence-electron chi connectivity index (χ0n) is 20.0. The lowest BCUT2D eigenvalue weighted by molar-refractivity contribution is 0.240. The molecule has 5 nitrogen and oxygen atoms in total. The van der Waals surface area contributed by atoms with Crippen LogP contribution >= 0.6 is 0 Å². The molecule has 0 spiro atoms. The molecule has 4 N–H and O–H groups in total. The molecule has 5 heteroatoms. The van der Waals surface area contributed by atoms with E-state index >= 15 is 0 Å². The van der Waals surface area contributed by atoms with Crippen molar-refractivity contribution in [3.05, 3.63) is 74.6 Å². The molecule has 1 aromatic carbocycles. The van der Waals surface area contributed by atoms with Gasteiger partial charge < -0.3 is 25.0 Å². The monoisotopic (exact) mass is 442 g/mol. The molecule has 4 aromatic rings. The number of aromatic amines is 3. The van der Waals surface area contributed by atoms with Crippen LogP contribution in [0.1, 0.15) is 50.1 Å². The number of H-pyrrole nitrogens is 3. The predicted molar refractivity (Wildman–Crippen MR) is 136 cm³/mol. The number of fused-ring (bicyclic) bond motifs is 1. The lowest BCUT2D eigenvalue weighted by Crippen LogP contribution is -2.21. The van der Waals surface area contributed by atoms with Crippen LogP contribution in [0, 0.1) is 24.5 Å². The molecule has 0 aliphatic carbocycles. The average molecular weight is 443 g/mol. The number of rotatable bonds is 5. The Hall–Kier alpha value is -3.18. The second-order valence-corrected chi connectivity index (χ2v) is 9.51. The van der Waals surface area contributed by atoms with Gasteiger partial charge in [0.15, 0.2) is 0 Å². The van der Waals surface area contributed by atoms with Crippen molar-refractivity contribution in [3.8, 4) is 5.75 Å². The summed E-state index contributed by atoms with van der Waals surface area (Å²) in [5.41, 5.74) is 4.64. The highest BCUT2D eigenvalue weighted by atomic mass is 16.5. The maximum atomic E-state index is 6.21. The lowest BCUT2D eigenvalue weighted by Gasteiger charge is -2.06. The third kappa shape index (κ3) is 4.51. The standard InChI is InChI=1S/C28H34N4O/c1-17(2)33-27-16-26(31-25(27)15-24-18(3)14-19(4)30-24)28-22(12-11-20-8-7-13-29-20)21-9-5-6-10-23(21)32-28/h5-6,9-10,12,14-17,20,29-32H,7-8,11,13H2,1-4H3/b22-12?,25-15?,28-26-. The van der Waals surface area contributed by atoms with Crippen LogP contribution in [-0.2, 0) is 0 Å². The molecule has 5 rings (SSSR count). The summed E-state index contributed by atoms with van der Waals surface area (Å²) >= 11 is 0. The molecule has 1 unspecified atom stereocenters. The summed E-state index contributed by atoms with van der Waals surface area (Å²) in [7, 11) is 0. The molecule has 1 fully saturated rings. The van der Waals surface area contributed by atoms with E-state index in [4.69, 9.17) is 4.74 Å². The fourth-order valence-corrected chi connectivity index (χ4v) is 4.89. The Balaban J connectivity index is 1.76. The van der Waals surface area contributed by atoms with Crippen molar-refractivity contribution < 1.29 is 4.74 Å². The molecule has 1 atom stereocenters. The molecule has 0 radical (unpaired) electrons. The van der Waals surface area contributed by atoms with Crippen LogP contribution in [0.2, 0.25) is 0 Å². The lowest BCUT2D eigenvalue weighted by atomic mass is 10.1. The summed E-state index contributed by atoms with van der Waals surface area (Å²) in [6, 6.07) is 13.4. The van der Waals surface area contributed by atoms with E-state index in [-0.39, 0.29) is 6.10 Å². The first-order valence-corrected chi connectivity index (χ1v) is 12.1. The van der Waals surface area contributed by atoms with Crippen LogP contribution in [0.5, 0.6) is 5.75 Å². The molecule has 0 amide bonds. The maximum Gasteiger partial charge on any atom is 0.145 e. The van der Waals surface area contributed by atoms with Crippen LogP contribution < -0.4 is 20.6 Å². The molecule has 33 heavy (non-hydrogen) atoms. The van der Waals surface area contributed by atoms with Crippen LogP contribution in [-0.4, -0.2) is 33.6 Å². The molecular formula is C28H34N4O. The average Bonchev–Trinajstić information content (AvgIpc) is 3.54. The van der Waals surface area contributed by atoms with Crippen molar-refractivity contribution in [2.75, 3.05) is 6.54 Å². The Morgan fingerprint density at radius 3 is 2.67 bits per heavy atom. The zero-order chi connectivity index (χ0) is 22.9. The minimum atomic E-state index is 0.0921. The van der Waals surface area contributed by atoms with Crippen LogP contribution in [0.3, 0.4) is 0 Å². The summed E-state index contributed by atoms with van der Waals surface area (Å²) in [5.74, 6) is 0.869. The van der Waals surface area contributed by atoms with Gasteiger partial charge in [-0.25, -0.2) is 0 Å². The van der Waals surface area contributed by atoms with Crippen molar-refractivity contribution >= 4 is 23.1 Å². The van der Waals surface area contributed by atoms with E-state index in [0.717, 1.165) is 51.7 Å². The number of aromatic nitrogens is 3. The SMILES string of the molecule is Cc1cc(C)c(C=c2[nH]/c(=c3\[nH]c4ccccc4c3=CCC3CCCN3)cc2OC(C)C)[nH]1. The quantitative estimate of drug-likeness (QED) is 0.373. The third-order valence-corrected chi connectivity index (χ3v) is 6.44. The van der Waals surface area contributed by atoms with E-state index in [0.29, 0.717) is 6.04 Å². The van der Waals surface area contributed by atoms with Gasteiger partial charge in [0.1, 0.15) is 5.75 Å². The normalized spacial score (nSPS) is 18.8. The topological polar surface area (TPSA) is 68.6 Å². The molecule has 1 aliphatic rings. The summed E-state index contributed by atoms with van der Waals surface area (Å²) in [4.78, 5) is 10.8. The Morgan fingerprint density at radius 2 is 1.94 bits per heavy atom. The second kappa shape index (κ2) is 8.99. The van der Waals surface area contributed by atoms with E-state index in [1.54, 1.807) is 0 Å². The van der Waals surface area contributed by atoms with Gasteiger partial charge >= 0.3 is 0 Å². The summed E-state index contributed by atoms with van der Waals surface area (Å²) in [6.45, 7) is 9.48. The summed E-state index contributed by atoms with van der Waals surface area (Å²) in [6.07, 6.45) is 8.18. The van der Waals surface area contributed by atoms with Crippen molar-refractivity contribution in [2.24, 2.45) is 0 Å². The molecule has 0 saturated carbocycles. The first-order valence-electron chi connectivity index (χ1n) is 12.1. The summed E-state index contributed by atoms with van der Waals surface area (Å²) in [5, 5.41) is 9.27. The fourth-order valence-electron chi connectivity index (χ4n) is 4.89. The van der Waals surface area contributed by atoms with Gasteiger partial charge in [0.2, 0.25) is 0 Å². The van der Waals surface area contributed by atoms with E-state index in [9.17, 15) is 0 Å². The highest BCUT2D eigenvalue weighted by Crippen LogP contribution is 2.14. The number of nitrogens with one attached hydrogen (secondary N) is 4. The number of benzene rings is 1. The number of para-hydroxylation sites is 1. The third-order valence-electron chi connectivity index (χ3n) is 6.44. The minimum Gasteiger partial charge on any atom is -0.489 e. The second-order valence-electron chi connectivity index (χ2n) is 9.51. The number of hydrogen-bond acceptors (Lipinski definition) is 2. The van der Waals surface area contributed by atoms with Crippen LogP contribution in [0.25, 0.3) is 23.1 Å². The van der Waals surface area contributed by atoms with Gasteiger partial charge in [-0.15, -0.1) is 0 Å². The van der Waals surface area contributed by atoms with E-state index in [2.05, 4.69) is 96.5 Å². The van der Waals surface area contributed by atoms with E-state index in [1.165, 1.54) is 29.0 Å². The van der Waals surface area contributed by atoms with Gasteiger partial charge in [-0.3, -0.25) is 0 Å². The van der Waals surface area contributed by atoms with Gasteiger partial charge in [0.05, 0.1) is 22.2 Å². The zero-order valence-corrected chi connectivity index (χ0v) is 20.0. The van der Waals surface area contributed by atoms with Crippen molar-refractivity contribution in [1.29, 1.82) is 0 Å². The van der Waals surface area contributed by atoms with Gasteiger partial charge in [0.25, 0.3) is 0 Å². The van der Waals surface area contributed by atoms with Crippen molar-refractivity contribution in [2.45, 2.75) is 59.1 Å². The van der Waals surface area contributed by atoms with Crippen LogP contribution in [0.15, 0.2) is 36.4 Å². The van der Waals surface area contributed by atoms with Gasteiger partial charge in [-0.2, -0.15) is 0 Å². The molecule has 1 saturated heterocycles. The number of aryl methyl sites for hydroxylation is 2. The minimum absolute atomic E-state index is 0.0921. The van der Waals surface area contributed by atoms with E-state index in [1.807, 2.05) is 0 Å². The summed E-state index contributed by atoms with van der Waals surface area (Å²) < 4.78 is 6.21. The highest BCUT2D eigenvalue weighted by Gasteiger charge is 2.13. The smallest absolute Gasteiger partial charge is 0.145 e. The molecule has 4 heterocycles. The maximum absolute atomic E-state index is 6.21. The van der Waals surface area contributed by atoms with Gasteiger partial charge in [-0.05, 0) is 77.3 Å². The van der Waals surface area contributed by atoms with Crippen molar-refractivity contribution in [1.82, 2.24) is 20.3 Å². The number of hydrogen-bond donors (Lipinski definition) is 4. The molecule has 0 bridgehead atoms. The Morgan fingerprint density at radius 1 is 1.09 bits per heavy atom. The first-order chi connectivity index (χ1) is 16.0. The highest BCUT2D eigenvalue weighted by molar-refractivity contribution is 5.80.